The van der Waals surface area contributed by atoms with E-state index in [0.29, 0.717) is 5.69 Å². The van der Waals surface area contributed by atoms with Crippen LogP contribution in [0, 0.1) is 6.92 Å². The van der Waals surface area contributed by atoms with E-state index < -0.39 is 5.41 Å². The van der Waals surface area contributed by atoms with Gasteiger partial charge in [-0.2, -0.15) is 5.10 Å². The van der Waals surface area contributed by atoms with Gasteiger partial charge in [0.15, 0.2) is 0 Å². The molecule has 6 nitrogen and oxygen atoms in total. The summed E-state index contributed by atoms with van der Waals surface area (Å²) in [7, 11) is 1.57. The molecule has 23 heavy (non-hydrogen) atoms. The molecule has 0 aliphatic heterocycles. The lowest BCUT2D eigenvalue weighted by molar-refractivity contribution is -0.121. The summed E-state index contributed by atoms with van der Waals surface area (Å²) in [4.78, 5) is 23.9. The highest BCUT2D eigenvalue weighted by atomic mass is 16.2. The number of hydrogen-bond donors (Lipinski definition) is 2. The van der Waals surface area contributed by atoms with E-state index >= 15 is 0 Å². The molecule has 0 radical (unpaired) electrons. The average molecular weight is 314 g/mol. The van der Waals surface area contributed by atoms with Gasteiger partial charge < -0.3 is 10.6 Å². The first-order valence-corrected chi connectivity index (χ1v) is 7.44. The third-order valence-corrected chi connectivity index (χ3v) is 3.82. The Balaban J connectivity index is 2.08. The molecule has 6 heteroatoms. The van der Waals surface area contributed by atoms with Crippen molar-refractivity contribution < 1.29 is 9.59 Å². The Hall–Kier alpha value is -2.63. The molecule has 1 heterocycles. The molecule has 0 unspecified atom stereocenters. The second-order valence-electron chi connectivity index (χ2n) is 6.04. The summed E-state index contributed by atoms with van der Waals surface area (Å²) in [6.07, 6.45) is 3.17. The Kier molecular flexibility index (Phi) is 4.83. The molecule has 2 amide bonds. The minimum absolute atomic E-state index is 0.119. The van der Waals surface area contributed by atoms with Crippen molar-refractivity contribution in [2.24, 2.45) is 0 Å². The smallest absolute Gasteiger partial charge is 0.241 e. The predicted octanol–water partition coefficient (Wildman–Crippen LogP) is 1.85. The zero-order chi connectivity index (χ0) is 17.0. The van der Waals surface area contributed by atoms with E-state index in [1.807, 2.05) is 45.0 Å². The van der Waals surface area contributed by atoms with Crippen LogP contribution >= 0.6 is 0 Å². The molecule has 1 aromatic heterocycles. The fraction of sp³-hybridized carbons (Fsp3) is 0.353. The van der Waals surface area contributed by atoms with Crippen LogP contribution in [0.4, 0.5) is 5.69 Å². The molecule has 2 aromatic rings. The van der Waals surface area contributed by atoms with Crippen LogP contribution < -0.4 is 10.6 Å². The molecule has 122 valence electrons. The van der Waals surface area contributed by atoms with E-state index in [0.717, 1.165) is 11.1 Å². The van der Waals surface area contributed by atoms with Gasteiger partial charge >= 0.3 is 0 Å². The molecule has 0 saturated carbocycles. The van der Waals surface area contributed by atoms with Gasteiger partial charge in [-0.05, 0) is 26.3 Å². The van der Waals surface area contributed by atoms with Crippen LogP contribution in [0.3, 0.4) is 0 Å². The molecule has 0 aliphatic rings. The van der Waals surface area contributed by atoms with Crippen LogP contribution in [0.2, 0.25) is 0 Å². The van der Waals surface area contributed by atoms with Gasteiger partial charge in [0, 0.05) is 13.2 Å². The van der Waals surface area contributed by atoms with E-state index in [2.05, 4.69) is 15.7 Å². The van der Waals surface area contributed by atoms with Crippen molar-refractivity contribution in [3.05, 3.63) is 47.8 Å². The van der Waals surface area contributed by atoms with Gasteiger partial charge in [0.25, 0.3) is 0 Å². The summed E-state index contributed by atoms with van der Waals surface area (Å²) in [6, 6.07) is 7.91. The first-order chi connectivity index (χ1) is 10.8. The maximum Gasteiger partial charge on any atom is 0.241 e. The van der Waals surface area contributed by atoms with Crippen LogP contribution in [0.25, 0.3) is 0 Å². The number of nitrogens with zero attached hydrogens (tertiary/aromatic N) is 2. The number of rotatable bonds is 5. The summed E-state index contributed by atoms with van der Waals surface area (Å²) in [5, 5.41) is 9.44. The van der Waals surface area contributed by atoms with Gasteiger partial charge in [0.2, 0.25) is 11.8 Å². The molecule has 0 atom stereocenters. The van der Waals surface area contributed by atoms with E-state index in [1.165, 1.54) is 10.9 Å². The molecule has 2 rings (SSSR count). The first-order valence-electron chi connectivity index (χ1n) is 7.44. The normalized spacial score (nSPS) is 11.1. The van der Waals surface area contributed by atoms with Gasteiger partial charge in [-0.1, -0.05) is 29.8 Å². The van der Waals surface area contributed by atoms with Crippen LogP contribution in [0.15, 0.2) is 36.7 Å². The van der Waals surface area contributed by atoms with Crippen molar-refractivity contribution in [1.82, 2.24) is 15.1 Å². The number of aryl methyl sites for hydroxylation is 1. The van der Waals surface area contributed by atoms with Gasteiger partial charge in [-0.25, -0.2) is 0 Å². The standard InChI is InChI=1S/C17H22N4O2/c1-12-5-7-13(8-6-12)17(2,3)16(23)20-14-9-19-21(10-14)11-15(22)18-4/h5-10H,11H2,1-4H3,(H,18,22)(H,20,23). The summed E-state index contributed by atoms with van der Waals surface area (Å²) < 4.78 is 1.48. The minimum atomic E-state index is -0.670. The number of likely N-dealkylation sites (N-methyl/N-ethyl adjacent to an activating group) is 1. The highest BCUT2D eigenvalue weighted by molar-refractivity contribution is 5.98. The molecule has 0 saturated heterocycles. The monoisotopic (exact) mass is 314 g/mol. The fourth-order valence-corrected chi connectivity index (χ4v) is 2.13. The molecule has 0 fully saturated rings. The molecule has 2 N–H and O–H groups in total. The number of nitrogens with one attached hydrogen (secondary N) is 2. The molecular weight excluding hydrogens is 292 g/mol. The van der Waals surface area contributed by atoms with Crippen molar-refractivity contribution >= 4 is 17.5 Å². The Morgan fingerprint density at radius 3 is 2.48 bits per heavy atom. The summed E-state index contributed by atoms with van der Waals surface area (Å²) in [5.41, 5.74) is 1.99. The Morgan fingerprint density at radius 2 is 1.87 bits per heavy atom. The van der Waals surface area contributed by atoms with Gasteiger partial charge in [-0.3, -0.25) is 14.3 Å². The third kappa shape index (κ3) is 3.97. The van der Waals surface area contributed by atoms with E-state index in [9.17, 15) is 9.59 Å². The number of anilines is 1. The second-order valence-corrected chi connectivity index (χ2v) is 6.04. The summed E-state index contributed by atoms with van der Waals surface area (Å²) in [6.45, 7) is 5.88. The van der Waals surface area contributed by atoms with E-state index in [-0.39, 0.29) is 18.4 Å². The number of benzene rings is 1. The fourth-order valence-electron chi connectivity index (χ4n) is 2.13. The lowest BCUT2D eigenvalue weighted by atomic mass is 9.83. The number of hydrogen-bond acceptors (Lipinski definition) is 3. The highest BCUT2D eigenvalue weighted by Gasteiger charge is 2.30. The molecule has 0 bridgehead atoms. The number of carbonyl (C=O) groups excluding carboxylic acids is 2. The van der Waals surface area contributed by atoms with Crippen LogP contribution in [-0.4, -0.2) is 28.6 Å². The van der Waals surface area contributed by atoms with Crippen molar-refractivity contribution in [2.45, 2.75) is 32.7 Å². The summed E-state index contributed by atoms with van der Waals surface area (Å²) in [5.74, 6) is -0.271. The Morgan fingerprint density at radius 1 is 1.22 bits per heavy atom. The number of carbonyl (C=O) groups is 2. The quantitative estimate of drug-likeness (QED) is 0.884. The van der Waals surface area contributed by atoms with Gasteiger partial charge in [-0.15, -0.1) is 0 Å². The second kappa shape index (κ2) is 6.64. The van der Waals surface area contributed by atoms with Crippen LogP contribution in [-0.2, 0) is 21.5 Å². The van der Waals surface area contributed by atoms with Crippen molar-refractivity contribution in [2.75, 3.05) is 12.4 Å². The largest absolute Gasteiger partial charge is 0.358 e. The van der Waals surface area contributed by atoms with Gasteiger partial charge in [0.05, 0.1) is 17.3 Å². The first kappa shape index (κ1) is 16.7. The van der Waals surface area contributed by atoms with E-state index in [1.54, 1.807) is 13.2 Å². The maximum absolute atomic E-state index is 12.6. The molecule has 0 aliphatic carbocycles. The minimum Gasteiger partial charge on any atom is -0.358 e. The lowest BCUT2D eigenvalue weighted by Gasteiger charge is -2.24. The average Bonchev–Trinajstić information content (AvgIpc) is 2.94. The SMILES string of the molecule is CNC(=O)Cn1cc(NC(=O)C(C)(C)c2ccc(C)cc2)cn1. The Bertz CT molecular complexity index is 702. The number of amides is 2. The summed E-state index contributed by atoms with van der Waals surface area (Å²) >= 11 is 0. The van der Waals surface area contributed by atoms with Crippen molar-refractivity contribution in [3.8, 4) is 0 Å². The zero-order valence-corrected chi connectivity index (χ0v) is 13.9. The lowest BCUT2D eigenvalue weighted by Crippen LogP contribution is -2.34. The highest BCUT2D eigenvalue weighted by Crippen LogP contribution is 2.25. The van der Waals surface area contributed by atoms with Crippen molar-refractivity contribution in [1.29, 1.82) is 0 Å². The third-order valence-electron chi connectivity index (χ3n) is 3.82. The predicted molar refractivity (Wildman–Crippen MR) is 89.1 cm³/mol. The van der Waals surface area contributed by atoms with Crippen LogP contribution in [0.5, 0.6) is 0 Å². The van der Waals surface area contributed by atoms with Gasteiger partial charge in [0.1, 0.15) is 6.54 Å². The maximum atomic E-state index is 12.6. The molecular formula is C17H22N4O2. The van der Waals surface area contributed by atoms with Crippen LogP contribution in [0.1, 0.15) is 25.0 Å². The topological polar surface area (TPSA) is 76.0 Å². The van der Waals surface area contributed by atoms with E-state index in [4.69, 9.17) is 0 Å². The molecule has 0 spiro atoms. The Labute approximate surface area is 135 Å². The van der Waals surface area contributed by atoms with Crippen molar-refractivity contribution in [3.63, 3.8) is 0 Å². The zero-order valence-electron chi connectivity index (χ0n) is 13.9. The molecule has 1 aromatic carbocycles. The number of aromatic nitrogens is 2.